The van der Waals surface area contributed by atoms with Gasteiger partial charge in [-0.1, -0.05) is 0 Å². The van der Waals surface area contributed by atoms with E-state index in [4.69, 9.17) is 11.5 Å². The fourth-order valence-corrected chi connectivity index (χ4v) is 0.740. The van der Waals surface area contributed by atoms with E-state index in [-0.39, 0.29) is 13.2 Å². The highest BCUT2D eigenvalue weighted by molar-refractivity contribution is 6.21. The zero-order valence-corrected chi connectivity index (χ0v) is 8.89. The third kappa shape index (κ3) is 4.78. The van der Waals surface area contributed by atoms with Crippen LogP contribution in [0.4, 0.5) is 0 Å². The van der Waals surface area contributed by atoms with Crippen molar-refractivity contribution in [3.8, 4) is 0 Å². The van der Waals surface area contributed by atoms with Gasteiger partial charge in [0.05, 0.1) is 19.7 Å². The van der Waals surface area contributed by atoms with Gasteiger partial charge in [0.2, 0.25) is 0 Å². The van der Waals surface area contributed by atoms with E-state index < -0.39 is 29.7 Å². The maximum atomic E-state index is 11.3. The van der Waals surface area contributed by atoms with Crippen molar-refractivity contribution in [1.82, 2.24) is 0 Å². The summed E-state index contributed by atoms with van der Waals surface area (Å²) in [6.45, 7) is 0.987. The van der Waals surface area contributed by atoms with Crippen LogP contribution in [0.25, 0.3) is 0 Å². The molecule has 7 heteroatoms. The summed E-state index contributed by atoms with van der Waals surface area (Å²) in [5.41, 5.74) is 9.65. The molecular formula is C9H14N2O5. The monoisotopic (exact) mass is 230 g/mol. The van der Waals surface area contributed by atoms with Gasteiger partial charge in [0, 0.05) is 6.08 Å². The van der Waals surface area contributed by atoms with Gasteiger partial charge in [-0.15, -0.1) is 0 Å². The number of nitrogens with two attached hydrogens (primary N) is 2. The maximum absolute atomic E-state index is 11.3. The SMILES string of the molecule is CCOOC(=O)C(=CC(=O)CN)C(=O)CN. The van der Waals surface area contributed by atoms with Crippen LogP contribution >= 0.6 is 0 Å². The Morgan fingerprint density at radius 1 is 1.19 bits per heavy atom. The van der Waals surface area contributed by atoms with Gasteiger partial charge in [0.1, 0.15) is 5.57 Å². The van der Waals surface area contributed by atoms with Crippen LogP contribution in [0.3, 0.4) is 0 Å². The first-order chi connectivity index (χ1) is 7.56. The number of Topliss-reactive ketones (excluding diaryl/α,β-unsaturated/α-hetero) is 1. The molecule has 0 saturated carbocycles. The van der Waals surface area contributed by atoms with E-state index in [1.807, 2.05) is 0 Å². The lowest BCUT2D eigenvalue weighted by Crippen LogP contribution is -2.25. The molecule has 0 aliphatic heterocycles. The van der Waals surface area contributed by atoms with E-state index in [1.165, 1.54) is 0 Å². The maximum Gasteiger partial charge on any atom is 0.376 e. The lowest BCUT2D eigenvalue weighted by molar-refractivity contribution is -0.265. The van der Waals surface area contributed by atoms with Crippen molar-refractivity contribution in [2.45, 2.75) is 6.92 Å². The van der Waals surface area contributed by atoms with E-state index in [2.05, 4.69) is 9.78 Å². The zero-order chi connectivity index (χ0) is 12.6. The number of hydrogen-bond acceptors (Lipinski definition) is 7. The first-order valence-corrected chi connectivity index (χ1v) is 4.58. The highest BCUT2D eigenvalue weighted by Gasteiger charge is 2.20. The van der Waals surface area contributed by atoms with Gasteiger partial charge in [-0.2, -0.15) is 4.89 Å². The highest BCUT2D eigenvalue weighted by Crippen LogP contribution is 2.01. The van der Waals surface area contributed by atoms with Gasteiger partial charge >= 0.3 is 5.97 Å². The second-order valence-corrected chi connectivity index (χ2v) is 2.63. The van der Waals surface area contributed by atoms with Gasteiger partial charge in [-0.05, 0) is 6.92 Å². The normalized spacial score (nSPS) is 11.1. The minimum atomic E-state index is -1.06. The molecule has 0 aromatic rings. The summed E-state index contributed by atoms with van der Waals surface area (Å²) in [6.07, 6.45) is 0.802. The molecule has 0 aromatic heterocycles. The van der Waals surface area contributed by atoms with Crippen LogP contribution < -0.4 is 11.5 Å². The molecule has 0 unspecified atom stereocenters. The molecule has 4 N–H and O–H groups in total. The summed E-state index contributed by atoms with van der Waals surface area (Å²) >= 11 is 0. The molecule has 16 heavy (non-hydrogen) atoms. The molecule has 0 aliphatic rings. The second-order valence-electron chi connectivity index (χ2n) is 2.63. The van der Waals surface area contributed by atoms with Crippen molar-refractivity contribution in [3.63, 3.8) is 0 Å². The van der Waals surface area contributed by atoms with Crippen molar-refractivity contribution in [2.24, 2.45) is 11.5 Å². The Balaban J connectivity index is 4.80. The second kappa shape index (κ2) is 7.69. The Morgan fingerprint density at radius 2 is 1.81 bits per heavy atom. The third-order valence-electron chi connectivity index (χ3n) is 1.46. The average molecular weight is 230 g/mol. The van der Waals surface area contributed by atoms with Crippen molar-refractivity contribution < 1.29 is 24.2 Å². The van der Waals surface area contributed by atoms with Crippen LogP contribution in [0.1, 0.15) is 6.92 Å². The van der Waals surface area contributed by atoms with Crippen LogP contribution in [-0.2, 0) is 24.2 Å². The number of ketones is 2. The quantitative estimate of drug-likeness (QED) is 0.179. The van der Waals surface area contributed by atoms with Gasteiger partial charge in [0.15, 0.2) is 11.6 Å². The molecule has 0 saturated heterocycles. The van der Waals surface area contributed by atoms with Crippen molar-refractivity contribution in [2.75, 3.05) is 19.7 Å². The Morgan fingerprint density at radius 3 is 2.25 bits per heavy atom. The molecule has 90 valence electrons. The van der Waals surface area contributed by atoms with Crippen molar-refractivity contribution >= 4 is 17.5 Å². The smallest absolute Gasteiger partial charge is 0.324 e. The number of carbonyl (C=O) groups excluding carboxylic acids is 3. The summed E-state index contributed by atoms with van der Waals surface area (Å²) in [6, 6.07) is 0. The summed E-state index contributed by atoms with van der Waals surface area (Å²) in [5.74, 6) is -2.35. The predicted octanol–water partition coefficient (Wildman–Crippen LogP) is -1.54. The molecule has 0 spiro atoms. The highest BCUT2D eigenvalue weighted by atomic mass is 17.2. The number of carbonyl (C=O) groups is 3. The minimum Gasteiger partial charge on any atom is -0.324 e. The van der Waals surface area contributed by atoms with Crippen LogP contribution in [-0.4, -0.2) is 37.2 Å². The Labute approximate surface area is 92.3 Å². The molecule has 0 bridgehead atoms. The van der Waals surface area contributed by atoms with Gasteiger partial charge in [-0.25, -0.2) is 4.79 Å². The summed E-state index contributed by atoms with van der Waals surface area (Å²) in [4.78, 5) is 42.1. The molecule has 0 amide bonds. The number of rotatable bonds is 7. The van der Waals surface area contributed by atoms with Crippen LogP contribution in [0.15, 0.2) is 11.6 Å². The average Bonchev–Trinajstić information content (AvgIpc) is 2.31. The molecule has 0 radical (unpaired) electrons. The van der Waals surface area contributed by atoms with Gasteiger partial charge in [0.25, 0.3) is 0 Å². The van der Waals surface area contributed by atoms with E-state index in [0.717, 1.165) is 6.08 Å². The van der Waals surface area contributed by atoms with E-state index in [1.54, 1.807) is 6.92 Å². The van der Waals surface area contributed by atoms with Gasteiger partial charge < -0.3 is 11.5 Å². The third-order valence-corrected chi connectivity index (χ3v) is 1.46. The van der Waals surface area contributed by atoms with Gasteiger partial charge in [-0.3, -0.25) is 14.5 Å². The Kier molecular flexibility index (Phi) is 6.93. The largest absolute Gasteiger partial charge is 0.376 e. The van der Waals surface area contributed by atoms with E-state index in [0.29, 0.717) is 0 Å². The molecular weight excluding hydrogens is 216 g/mol. The van der Waals surface area contributed by atoms with Crippen molar-refractivity contribution in [1.29, 1.82) is 0 Å². The molecule has 0 aromatic carbocycles. The van der Waals surface area contributed by atoms with E-state index in [9.17, 15) is 14.4 Å². The fraction of sp³-hybridized carbons (Fsp3) is 0.444. The topological polar surface area (TPSA) is 122 Å². The molecule has 0 fully saturated rings. The van der Waals surface area contributed by atoms with Crippen LogP contribution in [0.2, 0.25) is 0 Å². The molecule has 0 aliphatic carbocycles. The van der Waals surface area contributed by atoms with Crippen molar-refractivity contribution in [3.05, 3.63) is 11.6 Å². The molecule has 7 nitrogen and oxygen atoms in total. The van der Waals surface area contributed by atoms with E-state index >= 15 is 0 Å². The predicted molar refractivity (Wildman–Crippen MR) is 53.9 cm³/mol. The summed E-state index contributed by atoms with van der Waals surface area (Å²) < 4.78 is 0. The first-order valence-electron chi connectivity index (χ1n) is 4.58. The molecule has 0 atom stereocenters. The number of hydrogen-bond donors (Lipinski definition) is 2. The zero-order valence-electron chi connectivity index (χ0n) is 8.89. The van der Waals surface area contributed by atoms with Crippen LogP contribution in [0.5, 0.6) is 0 Å². The van der Waals surface area contributed by atoms with Crippen LogP contribution in [0, 0.1) is 0 Å². The Bertz CT molecular complexity index is 311. The lowest BCUT2D eigenvalue weighted by atomic mass is 10.1. The lowest BCUT2D eigenvalue weighted by Gasteiger charge is -2.03. The molecule has 0 heterocycles. The summed E-state index contributed by atoms with van der Waals surface area (Å²) in [7, 11) is 0. The fourth-order valence-electron chi connectivity index (χ4n) is 0.740. The first kappa shape index (κ1) is 14.4. The Hall–Kier alpha value is -1.57. The standard InChI is InChI=1S/C9H14N2O5/c1-2-15-16-9(14)7(8(13)5-11)3-6(12)4-10/h3H,2,4-5,10-11H2,1H3. The minimum absolute atomic E-state index is 0.126. The molecule has 0 rings (SSSR count). The summed E-state index contributed by atoms with van der Waals surface area (Å²) in [5, 5.41) is 0.